The van der Waals surface area contributed by atoms with E-state index in [1.54, 1.807) is 12.1 Å². The summed E-state index contributed by atoms with van der Waals surface area (Å²) in [5.74, 6) is 1.12. The number of aromatic hydroxyl groups is 1. The van der Waals surface area contributed by atoms with Crippen molar-refractivity contribution in [3.8, 4) is 23.0 Å². The molecule has 150 valence electrons. The Morgan fingerprint density at radius 2 is 1.79 bits per heavy atom. The fourth-order valence-corrected chi connectivity index (χ4v) is 2.48. The Bertz CT molecular complexity index is 793. The predicted molar refractivity (Wildman–Crippen MR) is 108 cm³/mol. The molecule has 0 aromatic heterocycles. The van der Waals surface area contributed by atoms with E-state index in [-0.39, 0.29) is 29.8 Å². The van der Waals surface area contributed by atoms with Gasteiger partial charge in [-0.3, -0.25) is 4.79 Å². The van der Waals surface area contributed by atoms with Crippen LogP contribution >= 0.6 is 0 Å². The van der Waals surface area contributed by atoms with Crippen LogP contribution in [-0.2, 0) is 4.79 Å². The van der Waals surface area contributed by atoms with Crippen molar-refractivity contribution in [2.75, 3.05) is 20.8 Å². The normalized spacial score (nSPS) is 11.9. The van der Waals surface area contributed by atoms with Crippen LogP contribution in [0, 0.1) is 0 Å². The molecule has 1 amide bonds. The summed E-state index contributed by atoms with van der Waals surface area (Å²) in [6.45, 7) is 4.16. The van der Waals surface area contributed by atoms with Gasteiger partial charge in [-0.25, -0.2) is 5.43 Å². The summed E-state index contributed by atoms with van der Waals surface area (Å²) in [5.41, 5.74) is 4.22. The van der Waals surface area contributed by atoms with E-state index >= 15 is 0 Å². The van der Waals surface area contributed by atoms with Gasteiger partial charge >= 0.3 is 0 Å². The number of amides is 1. The number of methoxy groups -OCH3 is 2. The molecule has 2 aromatic rings. The van der Waals surface area contributed by atoms with Crippen molar-refractivity contribution in [1.82, 2.24) is 5.43 Å². The van der Waals surface area contributed by atoms with Gasteiger partial charge in [0.05, 0.1) is 20.4 Å². The lowest BCUT2D eigenvalue weighted by atomic mass is 9.99. The Morgan fingerprint density at radius 3 is 2.32 bits per heavy atom. The molecule has 0 fully saturated rings. The minimum Gasteiger partial charge on any atom is -0.502 e. The second kappa shape index (κ2) is 10.2. The molecule has 0 saturated heterocycles. The summed E-state index contributed by atoms with van der Waals surface area (Å²) >= 11 is 0. The number of hydrogen-bond acceptors (Lipinski definition) is 6. The highest BCUT2D eigenvalue weighted by Gasteiger charge is 2.10. The van der Waals surface area contributed by atoms with Crippen LogP contribution in [0.3, 0.4) is 0 Å². The van der Waals surface area contributed by atoms with E-state index < -0.39 is 0 Å². The lowest BCUT2D eigenvalue weighted by molar-refractivity contribution is -0.123. The molecule has 0 unspecified atom stereocenters. The largest absolute Gasteiger partial charge is 0.502 e. The van der Waals surface area contributed by atoms with Crippen molar-refractivity contribution in [2.24, 2.45) is 5.10 Å². The Hall–Kier alpha value is -3.22. The van der Waals surface area contributed by atoms with E-state index in [0.29, 0.717) is 17.2 Å². The van der Waals surface area contributed by atoms with Crippen LogP contribution in [-0.4, -0.2) is 38.1 Å². The van der Waals surface area contributed by atoms with Gasteiger partial charge in [0, 0.05) is 5.56 Å². The first-order valence-corrected chi connectivity index (χ1v) is 8.98. The van der Waals surface area contributed by atoms with Gasteiger partial charge in [0.15, 0.2) is 18.1 Å². The number of nitrogens with zero attached hydrogens (tertiary/aromatic N) is 1. The zero-order valence-corrected chi connectivity index (χ0v) is 16.6. The Balaban J connectivity index is 1.88. The highest BCUT2D eigenvalue weighted by Crippen LogP contribution is 2.36. The van der Waals surface area contributed by atoms with Gasteiger partial charge in [-0.15, -0.1) is 0 Å². The first-order chi connectivity index (χ1) is 13.5. The highest BCUT2D eigenvalue weighted by atomic mass is 16.5. The highest BCUT2D eigenvalue weighted by molar-refractivity contribution is 5.84. The van der Waals surface area contributed by atoms with Crippen molar-refractivity contribution >= 4 is 12.1 Å². The molecule has 7 nitrogen and oxygen atoms in total. The third kappa shape index (κ3) is 5.64. The zero-order chi connectivity index (χ0) is 20.5. The number of hydrogen-bond donors (Lipinski definition) is 2. The van der Waals surface area contributed by atoms with E-state index in [1.165, 1.54) is 26.0 Å². The first-order valence-electron chi connectivity index (χ1n) is 8.98. The molecule has 0 bridgehead atoms. The predicted octanol–water partition coefficient (Wildman–Crippen LogP) is 3.45. The van der Waals surface area contributed by atoms with E-state index in [4.69, 9.17) is 14.2 Å². The van der Waals surface area contributed by atoms with Gasteiger partial charge in [-0.1, -0.05) is 26.0 Å². The Kier molecular flexibility index (Phi) is 7.68. The number of hydrazone groups is 1. The molecule has 0 spiro atoms. The second-order valence-corrected chi connectivity index (χ2v) is 6.23. The molecule has 0 heterocycles. The van der Waals surface area contributed by atoms with Crippen molar-refractivity contribution in [3.05, 3.63) is 47.5 Å². The number of carbonyl (C=O) groups is 1. The van der Waals surface area contributed by atoms with Crippen LogP contribution in [0.15, 0.2) is 41.5 Å². The topological polar surface area (TPSA) is 89.4 Å². The summed E-state index contributed by atoms with van der Waals surface area (Å²) in [7, 11) is 2.87. The maximum atomic E-state index is 11.9. The molecule has 7 heteroatoms. The van der Waals surface area contributed by atoms with Gasteiger partial charge in [-0.05, 0) is 42.2 Å². The van der Waals surface area contributed by atoms with Crippen molar-refractivity contribution < 1.29 is 24.1 Å². The van der Waals surface area contributed by atoms with Gasteiger partial charge in [0.1, 0.15) is 5.75 Å². The molecule has 2 rings (SSSR count). The lowest BCUT2D eigenvalue weighted by Gasteiger charge is -2.10. The fraction of sp³-hybridized carbons (Fsp3) is 0.333. The summed E-state index contributed by atoms with van der Waals surface area (Å²) in [6.07, 6.45) is 2.49. The lowest BCUT2D eigenvalue weighted by Crippen LogP contribution is -2.24. The standard InChI is InChI=1S/C21H26N2O5/c1-5-14(2)16-6-8-17(9-7-16)28-13-20(24)23-22-12-15-10-18(26-3)21(25)19(11-15)27-4/h6-12,14,25H,5,13H2,1-4H3,(H,23,24)/b22-12-/t14-/m1/s1. The third-order valence-electron chi connectivity index (χ3n) is 4.34. The van der Waals surface area contributed by atoms with Crippen LogP contribution in [0.25, 0.3) is 0 Å². The number of carbonyl (C=O) groups excluding carboxylic acids is 1. The van der Waals surface area contributed by atoms with E-state index in [2.05, 4.69) is 24.4 Å². The zero-order valence-electron chi connectivity index (χ0n) is 16.6. The van der Waals surface area contributed by atoms with Gasteiger partial charge in [-0.2, -0.15) is 5.10 Å². The summed E-state index contributed by atoms with van der Waals surface area (Å²) in [4.78, 5) is 11.9. The number of benzene rings is 2. The summed E-state index contributed by atoms with van der Waals surface area (Å²) < 4.78 is 15.6. The van der Waals surface area contributed by atoms with Crippen LogP contribution < -0.4 is 19.6 Å². The van der Waals surface area contributed by atoms with Crippen molar-refractivity contribution in [2.45, 2.75) is 26.2 Å². The molecule has 0 saturated carbocycles. The monoisotopic (exact) mass is 386 g/mol. The minimum absolute atomic E-state index is 0.0982. The average molecular weight is 386 g/mol. The van der Waals surface area contributed by atoms with E-state index in [1.807, 2.05) is 24.3 Å². The number of ether oxygens (including phenoxy) is 3. The Labute approximate surface area is 164 Å². The van der Waals surface area contributed by atoms with Crippen LogP contribution in [0.1, 0.15) is 37.3 Å². The molecule has 1 atom stereocenters. The smallest absolute Gasteiger partial charge is 0.277 e. The minimum atomic E-state index is -0.389. The molecule has 2 N–H and O–H groups in total. The molecule has 0 aliphatic heterocycles. The SMILES string of the molecule is CC[C@@H](C)c1ccc(OCC(=O)N/N=C\c2cc(OC)c(O)c(OC)c2)cc1. The molecule has 0 aliphatic carbocycles. The van der Waals surface area contributed by atoms with Crippen molar-refractivity contribution in [3.63, 3.8) is 0 Å². The van der Waals surface area contributed by atoms with E-state index in [9.17, 15) is 9.90 Å². The van der Waals surface area contributed by atoms with Crippen LogP contribution in [0.4, 0.5) is 0 Å². The maximum Gasteiger partial charge on any atom is 0.277 e. The second-order valence-electron chi connectivity index (χ2n) is 6.23. The number of phenols is 1. The summed E-state index contributed by atoms with van der Waals surface area (Å²) in [5, 5.41) is 13.8. The number of phenolic OH excluding ortho intramolecular Hbond substituents is 1. The van der Waals surface area contributed by atoms with E-state index in [0.717, 1.165) is 6.42 Å². The third-order valence-corrected chi connectivity index (χ3v) is 4.34. The van der Waals surface area contributed by atoms with Crippen molar-refractivity contribution in [1.29, 1.82) is 0 Å². The Morgan fingerprint density at radius 1 is 1.18 bits per heavy atom. The van der Waals surface area contributed by atoms with Crippen LogP contribution in [0.2, 0.25) is 0 Å². The molecular weight excluding hydrogens is 360 g/mol. The first kappa shape index (κ1) is 21.1. The van der Waals surface area contributed by atoms with Crippen LogP contribution in [0.5, 0.6) is 23.0 Å². The molecule has 28 heavy (non-hydrogen) atoms. The van der Waals surface area contributed by atoms with Gasteiger partial charge in [0.2, 0.25) is 5.75 Å². The molecule has 2 aromatic carbocycles. The van der Waals surface area contributed by atoms with Gasteiger partial charge < -0.3 is 19.3 Å². The fourth-order valence-electron chi connectivity index (χ4n) is 2.48. The average Bonchev–Trinajstić information content (AvgIpc) is 2.72. The quantitative estimate of drug-likeness (QED) is 0.509. The summed E-state index contributed by atoms with van der Waals surface area (Å²) in [6, 6.07) is 10.9. The maximum absolute atomic E-state index is 11.9. The number of nitrogens with one attached hydrogen (secondary N) is 1. The molecule has 0 aliphatic rings. The molecular formula is C21H26N2O5. The van der Waals surface area contributed by atoms with Gasteiger partial charge in [0.25, 0.3) is 5.91 Å². The number of rotatable bonds is 9. The molecule has 0 radical (unpaired) electrons.